The van der Waals surface area contributed by atoms with Gasteiger partial charge in [0, 0.05) is 16.8 Å². The molecule has 21 heavy (non-hydrogen) atoms. The van der Waals surface area contributed by atoms with Crippen LogP contribution in [0.1, 0.15) is 36.3 Å². The number of amides is 1. The third kappa shape index (κ3) is 3.54. The summed E-state index contributed by atoms with van der Waals surface area (Å²) < 4.78 is 5.38. The lowest BCUT2D eigenvalue weighted by Crippen LogP contribution is -2.50. The van der Waals surface area contributed by atoms with E-state index in [9.17, 15) is 4.79 Å². The van der Waals surface area contributed by atoms with E-state index in [-0.39, 0.29) is 11.4 Å². The average Bonchev–Trinajstić information content (AvgIpc) is 3.09. The zero-order valence-electron chi connectivity index (χ0n) is 12.0. The second-order valence-corrected chi connectivity index (χ2v) is 6.83. The first-order valence-electron chi connectivity index (χ1n) is 7.26. The third-order valence-corrected chi connectivity index (χ3v) is 4.92. The summed E-state index contributed by atoms with van der Waals surface area (Å²) in [5, 5.41) is 2.03. The molecule has 3 rings (SSSR count). The van der Waals surface area contributed by atoms with Gasteiger partial charge in [0.2, 0.25) is 5.91 Å². The van der Waals surface area contributed by atoms with Crippen LogP contribution >= 0.6 is 11.3 Å². The molecule has 4 nitrogen and oxygen atoms in total. The lowest BCUT2D eigenvalue weighted by atomic mass is 9.75. The second-order valence-electron chi connectivity index (χ2n) is 5.80. The Bertz CT molecular complexity index is 537. The van der Waals surface area contributed by atoms with Crippen molar-refractivity contribution in [2.45, 2.75) is 44.3 Å². The summed E-state index contributed by atoms with van der Waals surface area (Å²) in [6.45, 7) is 1.12. The maximum atomic E-state index is 12.6. The minimum Gasteiger partial charge on any atom is -0.467 e. The molecule has 0 spiro atoms. The molecule has 5 heteroatoms. The van der Waals surface area contributed by atoms with Gasteiger partial charge in [-0.05, 0) is 42.8 Å². The summed E-state index contributed by atoms with van der Waals surface area (Å²) in [4.78, 5) is 15.6. The molecule has 2 N–H and O–H groups in total. The largest absolute Gasteiger partial charge is 0.467 e. The van der Waals surface area contributed by atoms with Crippen molar-refractivity contribution < 1.29 is 9.21 Å². The molecule has 0 unspecified atom stereocenters. The van der Waals surface area contributed by atoms with Gasteiger partial charge in [0.15, 0.2) is 0 Å². The van der Waals surface area contributed by atoms with Crippen LogP contribution in [-0.4, -0.2) is 16.3 Å². The van der Waals surface area contributed by atoms with Gasteiger partial charge in [-0.2, -0.15) is 0 Å². The molecule has 0 atom stereocenters. The number of nitrogens with zero attached hydrogens (tertiary/aromatic N) is 1. The predicted molar refractivity (Wildman–Crippen MR) is 82.7 cm³/mol. The van der Waals surface area contributed by atoms with Gasteiger partial charge in [0.25, 0.3) is 0 Å². The van der Waals surface area contributed by atoms with Gasteiger partial charge in [0.1, 0.15) is 5.76 Å². The minimum atomic E-state index is -0.284. The normalized spacial score (nSPS) is 16.4. The van der Waals surface area contributed by atoms with Crippen LogP contribution in [0.2, 0.25) is 0 Å². The number of carbonyl (C=O) groups excluding carboxylic acids is 1. The SMILES string of the molecule is NC1(CC(=O)N(Cc2ccco2)Cc2cccs2)CCC1. The molecule has 1 amide bonds. The Kier molecular flexibility index (Phi) is 4.12. The molecule has 0 radical (unpaired) electrons. The average molecular weight is 304 g/mol. The van der Waals surface area contributed by atoms with Gasteiger partial charge in [-0.25, -0.2) is 0 Å². The summed E-state index contributed by atoms with van der Waals surface area (Å²) in [7, 11) is 0. The van der Waals surface area contributed by atoms with E-state index in [2.05, 4.69) is 6.07 Å². The Morgan fingerprint density at radius 3 is 2.76 bits per heavy atom. The van der Waals surface area contributed by atoms with Crippen LogP contribution in [0, 0.1) is 0 Å². The highest BCUT2D eigenvalue weighted by Crippen LogP contribution is 2.33. The zero-order chi connectivity index (χ0) is 14.7. The molecule has 1 fully saturated rings. The molecule has 1 aliphatic carbocycles. The molecule has 2 heterocycles. The highest BCUT2D eigenvalue weighted by atomic mass is 32.1. The van der Waals surface area contributed by atoms with Gasteiger partial charge in [-0.3, -0.25) is 4.79 Å². The molecule has 112 valence electrons. The zero-order valence-corrected chi connectivity index (χ0v) is 12.8. The van der Waals surface area contributed by atoms with E-state index in [1.165, 1.54) is 4.88 Å². The van der Waals surface area contributed by atoms with Crippen molar-refractivity contribution in [1.82, 2.24) is 4.90 Å². The fourth-order valence-electron chi connectivity index (χ4n) is 2.63. The Labute approximate surface area is 128 Å². The highest BCUT2D eigenvalue weighted by Gasteiger charge is 2.36. The highest BCUT2D eigenvalue weighted by molar-refractivity contribution is 7.09. The number of carbonyl (C=O) groups is 1. The fraction of sp³-hybridized carbons (Fsp3) is 0.438. The van der Waals surface area contributed by atoms with Crippen molar-refractivity contribution in [3.8, 4) is 0 Å². The van der Waals surface area contributed by atoms with E-state index >= 15 is 0 Å². The Balaban J connectivity index is 1.69. The van der Waals surface area contributed by atoms with Crippen molar-refractivity contribution in [1.29, 1.82) is 0 Å². The van der Waals surface area contributed by atoms with Gasteiger partial charge in [0.05, 0.1) is 19.4 Å². The third-order valence-electron chi connectivity index (χ3n) is 4.06. The van der Waals surface area contributed by atoms with Crippen molar-refractivity contribution in [3.05, 3.63) is 46.5 Å². The molecule has 1 aliphatic rings. The van der Waals surface area contributed by atoms with E-state index in [0.29, 0.717) is 19.5 Å². The van der Waals surface area contributed by atoms with Crippen LogP contribution in [0.25, 0.3) is 0 Å². The summed E-state index contributed by atoms with van der Waals surface area (Å²) in [6, 6.07) is 7.80. The summed E-state index contributed by atoms with van der Waals surface area (Å²) >= 11 is 1.66. The lowest BCUT2D eigenvalue weighted by molar-refractivity contribution is -0.134. The topological polar surface area (TPSA) is 59.5 Å². The molecule has 0 aromatic carbocycles. The first-order chi connectivity index (χ1) is 10.1. The number of thiophene rings is 1. The molecule has 0 aliphatic heterocycles. The van der Waals surface area contributed by atoms with Crippen LogP contribution in [-0.2, 0) is 17.9 Å². The number of hydrogen-bond donors (Lipinski definition) is 1. The summed E-state index contributed by atoms with van der Waals surface area (Å²) in [5.74, 6) is 0.918. The van der Waals surface area contributed by atoms with Gasteiger partial charge in [-0.15, -0.1) is 11.3 Å². The van der Waals surface area contributed by atoms with Crippen molar-refractivity contribution in [3.63, 3.8) is 0 Å². The number of furan rings is 1. The van der Waals surface area contributed by atoms with Crippen molar-refractivity contribution >= 4 is 17.2 Å². The summed E-state index contributed by atoms with van der Waals surface area (Å²) in [6.07, 6.45) is 5.10. The van der Waals surface area contributed by atoms with Gasteiger partial charge >= 0.3 is 0 Å². The first kappa shape index (κ1) is 14.4. The molecule has 2 aromatic rings. The summed E-state index contributed by atoms with van der Waals surface area (Å²) in [5.41, 5.74) is 5.94. The Morgan fingerprint density at radius 2 is 2.19 bits per heavy atom. The van der Waals surface area contributed by atoms with Crippen molar-refractivity contribution in [2.24, 2.45) is 5.73 Å². The predicted octanol–water partition coefficient (Wildman–Crippen LogP) is 3.14. The second kappa shape index (κ2) is 6.03. The molecular formula is C16H20N2O2S. The monoisotopic (exact) mass is 304 g/mol. The molecule has 0 bridgehead atoms. The quantitative estimate of drug-likeness (QED) is 0.892. The molecule has 0 saturated heterocycles. The first-order valence-corrected chi connectivity index (χ1v) is 8.14. The molecular weight excluding hydrogens is 284 g/mol. The van der Waals surface area contributed by atoms with E-state index < -0.39 is 0 Å². The maximum absolute atomic E-state index is 12.6. The van der Waals surface area contributed by atoms with Crippen LogP contribution in [0.3, 0.4) is 0 Å². The van der Waals surface area contributed by atoms with Gasteiger partial charge < -0.3 is 15.1 Å². The van der Waals surface area contributed by atoms with Crippen LogP contribution in [0.5, 0.6) is 0 Å². The fourth-order valence-corrected chi connectivity index (χ4v) is 3.35. The van der Waals surface area contributed by atoms with E-state index in [0.717, 1.165) is 25.0 Å². The molecule has 1 saturated carbocycles. The smallest absolute Gasteiger partial charge is 0.225 e. The van der Waals surface area contributed by atoms with Crippen molar-refractivity contribution in [2.75, 3.05) is 0 Å². The number of rotatable bonds is 6. The number of hydrogen-bond acceptors (Lipinski definition) is 4. The van der Waals surface area contributed by atoms with E-state index in [1.807, 2.05) is 28.5 Å². The lowest BCUT2D eigenvalue weighted by Gasteiger charge is -2.38. The minimum absolute atomic E-state index is 0.113. The van der Waals surface area contributed by atoms with Crippen LogP contribution in [0.15, 0.2) is 40.3 Å². The Hall–Kier alpha value is -1.59. The Morgan fingerprint density at radius 1 is 1.33 bits per heavy atom. The maximum Gasteiger partial charge on any atom is 0.225 e. The van der Waals surface area contributed by atoms with Gasteiger partial charge in [-0.1, -0.05) is 6.07 Å². The number of nitrogens with two attached hydrogens (primary N) is 1. The van der Waals surface area contributed by atoms with Crippen LogP contribution in [0.4, 0.5) is 0 Å². The molecule has 2 aromatic heterocycles. The van der Waals surface area contributed by atoms with Crippen LogP contribution < -0.4 is 5.73 Å². The van der Waals surface area contributed by atoms with E-state index in [4.69, 9.17) is 10.2 Å². The van der Waals surface area contributed by atoms with E-state index in [1.54, 1.807) is 17.6 Å². The standard InChI is InChI=1S/C16H20N2O2S/c17-16(6-3-7-16)10-15(19)18(11-13-4-1-8-20-13)12-14-5-2-9-21-14/h1-2,4-5,8-9H,3,6-7,10-12,17H2.